The highest BCUT2D eigenvalue weighted by molar-refractivity contribution is 5.36. The molecule has 0 radical (unpaired) electrons. The number of rotatable bonds is 6. The summed E-state index contributed by atoms with van der Waals surface area (Å²) in [7, 11) is 0. The van der Waals surface area contributed by atoms with E-state index in [0.29, 0.717) is 12.4 Å². The molecular weight excluding hydrogens is 207 g/mol. The molecule has 0 unspecified atom stereocenters. The van der Waals surface area contributed by atoms with E-state index < -0.39 is 5.82 Å². The van der Waals surface area contributed by atoms with Crippen LogP contribution in [-0.4, -0.2) is 19.7 Å². The molecule has 0 saturated carbocycles. The van der Waals surface area contributed by atoms with Gasteiger partial charge in [-0.25, -0.2) is 4.39 Å². The van der Waals surface area contributed by atoms with Gasteiger partial charge in [-0.1, -0.05) is 6.92 Å². The van der Waals surface area contributed by atoms with Gasteiger partial charge in [-0.3, -0.25) is 0 Å². The number of ether oxygens (including phenoxy) is 1. The molecule has 0 amide bonds. The molecule has 1 N–H and O–H groups in total. The molecule has 0 fully saturated rings. The first-order valence-electron chi connectivity index (χ1n) is 5.31. The smallest absolute Gasteiger partial charge is 0.144 e. The van der Waals surface area contributed by atoms with E-state index in [4.69, 9.17) is 10.00 Å². The molecule has 0 aromatic heterocycles. The summed E-state index contributed by atoms with van der Waals surface area (Å²) >= 11 is 0. The van der Waals surface area contributed by atoms with Crippen LogP contribution in [0.4, 0.5) is 4.39 Å². The highest BCUT2D eigenvalue weighted by Crippen LogP contribution is 2.15. The average Bonchev–Trinajstić information content (AvgIpc) is 2.29. The Morgan fingerprint density at radius 3 is 2.94 bits per heavy atom. The summed E-state index contributed by atoms with van der Waals surface area (Å²) in [5, 5.41) is 11.7. The van der Waals surface area contributed by atoms with Crippen molar-refractivity contribution in [2.24, 2.45) is 0 Å². The first kappa shape index (κ1) is 12.5. The summed E-state index contributed by atoms with van der Waals surface area (Å²) in [6.45, 7) is 4.40. The number of nitriles is 1. The molecular formula is C12H15FN2O. The molecule has 0 spiro atoms. The van der Waals surface area contributed by atoms with Gasteiger partial charge >= 0.3 is 0 Å². The van der Waals surface area contributed by atoms with E-state index >= 15 is 0 Å². The van der Waals surface area contributed by atoms with Crippen LogP contribution in [0.3, 0.4) is 0 Å². The second kappa shape index (κ2) is 6.81. The van der Waals surface area contributed by atoms with Gasteiger partial charge in [-0.2, -0.15) is 5.26 Å². The van der Waals surface area contributed by atoms with Crippen molar-refractivity contribution < 1.29 is 9.13 Å². The number of benzene rings is 1. The van der Waals surface area contributed by atoms with E-state index in [9.17, 15) is 4.39 Å². The topological polar surface area (TPSA) is 45.0 Å². The van der Waals surface area contributed by atoms with Crippen LogP contribution in [0.5, 0.6) is 5.75 Å². The first-order valence-corrected chi connectivity index (χ1v) is 5.31. The van der Waals surface area contributed by atoms with Crippen LogP contribution in [0.15, 0.2) is 18.2 Å². The fraction of sp³-hybridized carbons (Fsp3) is 0.417. The van der Waals surface area contributed by atoms with Crippen LogP contribution in [0.2, 0.25) is 0 Å². The lowest BCUT2D eigenvalue weighted by atomic mass is 10.2. The normalized spacial score (nSPS) is 9.81. The summed E-state index contributed by atoms with van der Waals surface area (Å²) in [5.74, 6) is -0.0697. The standard InChI is InChI=1S/C12H15FN2O/c1-2-15-6-3-7-16-11-5-4-10(9-14)12(13)8-11/h4-5,8,15H,2-3,6-7H2,1H3. The van der Waals surface area contributed by atoms with Crippen molar-refractivity contribution in [1.82, 2.24) is 5.32 Å². The Kier molecular flexibility index (Phi) is 5.30. The predicted molar refractivity (Wildman–Crippen MR) is 59.8 cm³/mol. The molecule has 0 saturated heterocycles. The van der Waals surface area contributed by atoms with Gasteiger partial charge in [-0.05, 0) is 31.6 Å². The predicted octanol–water partition coefficient (Wildman–Crippen LogP) is 2.08. The SMILES string of the molecule is CCNCCCOc1ccc(C#N)c(F)c1. The van der Waals surface area contributed by atoms with Gasteiger partial charge in [0, 0.05) is 6.07 Å². The van der Waals surface area contributed by atoms with Crippen LogP contribution in [-0.2, 0) is 0 Å². The molecule has 0 aliphatic rings. The average molecular weight is 222 g/mol. The minimum Gasteiger partial charge on any atom is -0.493 e. The largest absolute Gasteiger partial charge is 0.493 e. The molecule has 1 aromatic carbocycles. The fourth-order valence-electron chi connectivity index (χ4n) is 1.24. The van der Waals surface area contributed by atoms with Crippen molar-refractivity contribution in [3.8, 4) is 11.8 Å². The van der Waals surface area contributed by atoms with Gasteiger partial charge in [0.2, 0.25) is 0 Å². The van der Waals surface area contributed by atoms with Gasteiger partial charge in [-0.15, -0.1) is 0 Å². The van der Waals surface area contributed by atoms with Crippen LogP contribution >= 0.6 is 0 Å². The summed E-state index contributed by atoms with van der Waals surface area (Å²) < 4.78 is 18.5. The minimum absolute atomic E-state index is 0.0417. The van der Waals surface area contributed by atoms with Gasteiger partial charge < -0.3 is 10.1 Å². The zero-order valence-corrected chi connectivity index (χ0v) is 9.29. The fourth-order valence-corrected chi connectivity index (χ4v) is 1.24. The van der Waals surface area contributed by atoms with E-state index in [1.165, 1.54) is 12.1 Å². The molecule has 0 aliphatic carbocycles. The monoisotopic (exact) mass is 222 g/mol. The number of hydrogen-bond acceptors (Lipinski definition) is 3. The Labute approximate surface area is 94.8 Å². The third kappa shape index (κ3) is 3.87. The lowest BCUT2D eigenvalue weighted by Crippen LogP contribution is -2.16. The maximum Gasteiger partial charge on any atom is 0.144 e. The van der Waals surface area contributed by atoms with E-state index in [0.717, 1.165) is 19.5 Å². The Morgan fingerprint density at radius 2 is 2.31 bits per heavy atom. The van der Waals surface area contributed by atoms with Crippen molar-refractivity contribution >= 4 is 0 Å². The maximum atomic E-state index is 13.2. The zero-order valence-electron chi connectivity index (χ0n) is 9.29. The quantitative estimate of drug-likeness (QED) is 0.749. The third-order valence-electron chi connectivity index (χ3n) is 2.08. The highest BCUT2D eigenvalue weighted by Gasteiger charge is 2.02. The van der Waals surface area contributed by atoms with Crippen LogP contribution < -0.4 is 10.1 Å². The third-order valence-corrected chi connectivity index (χ3v) is 2.08. The van der Waals surface area contributed by atoms with Crippen molar-refractivity contribution in [1.29, 1.82) is 5.26 Å². The van der Waals surface area contributed by atoms with E-state index in [1.807, 2.05) is 6.92 Å². The lowest BCUT2D eigenvalue weighted by molar-refractivity contribution is 0.307. The van der Waals surface area contributed by atoms with E-state index in [-0.39, 0.29) is 5.56 Å². The molecule has 86 valence electrons. The van der Waals surface area contributed by atoms with E-state index in [1.54, 1.807) is 12.1 Å². The molecule has 1 rings (SSSR count). The molecule has 0 atom stereocenters. The summed E-state index contributed by atoms with van der Waals surface area (Å²) in [6, 6.07) is 6.04. The molecule has 3 nitrogen and oxygen atoms in total. The molecule has 0 aliphatic heterocycles. The Morgan fingerprint density at radius 1 is 1.50 bits per heavy atom. The van der Waals surface area contributed by atoms with Gasteiger partial charge in [0.05, 0.1) is 12.2 Å². The first-order chi connectivity index (χ1) is 7.77. The summed E-state index contributed by atoms with van der Waals surface area (Å²) in [4.78, 5) is 0. The molecule has 16 heavy (non-hydrogen) atoms. The number of halogens is 1. The van der Waals surface area contributed by atoms with Gasteiger partial charge in [0.25, 0.3) is 0 Å². The van der Waals surface area contributed by atoms with Crippen LogP contribution in [0.25, 0.3) is 0 Å². The van der Waals surface area contributed by atoms with E-state index in [2.05, 4.69) is 5.32 Å². The Balaban J connectivity index is 2.38. The van der Waals surface area contributed by atoms with Crippen molar-refractivity contribution in [2.75, 3.05) is 19.7 Å². The number of hydrogen-bond donors (Lipinski definition) is 1. The molecule has 4 heteroatoms. The number of nitrogens with one attached hydrogen (secondary N) is 1. The highest BCUT2D eigenvalue weighted by atomic mass is 19.1. The molecule has 0 heterocycles. The summed E-state index contributed by atoms with van der Waals surface area (Å²) in [6.07, 6.45) is 0.870. The summed E-state index contributed by atoms with van der Waals surface area (Å²) in [5.41, 5.74) is 0.0417. The minimum atomic E-state index is -0.535. The molecule has 0 bridgehead atoms. The second-order valence-corrected chi connectivity index (χ2v) is 3.31. The number of nitrogens with zero attached hydrogens (tertiary/aromatic N) is 1. The van der Waals surface area contributed by atoms with Crippen molar-refractivity contribution in [3.05, 3.63) is 29.6 Å². The molecule has 1 aromatic rings. The lowest BCUT2D eigenvalue weighted by Gasteiger charge is -2.06. The Hall–Kier alpha value is -1.60. The van der Waals surface area contributed by atoms with Crippen molar-refractivity contribution in [2.45, 2.75) is 13.3 Å². The van der Waals surface area contributed by atoms with Crippen LogP contribution in [0.1, 0.15) is 18.9 Å². The van der Waals surface area contributed by atoms with Crippen molar-refractivity contribution in [3.63, 3.8) is 0 Å². The van der Waals surface area contributed by atoms with Crippen LogP contribution in [0, 0.1) is 17.1 Å². The van der Waals surface area contributed by atoms with Gasteiger partial charge in [0.15, 0.2) is 0 Å². The van der Waals surface area contributed by atoms with Gasteiger partial charge in [0.1, 0.15) is 17.6 Å². The Bertz CT molecular complexity index is 374. The zero-order chi connectivity index (χ0) is 11.8. The second-order valence-electron chi connectivity index (χ2n) is 3.31. The maximum absolute atomic E-state index is 13.2.